The van der Waals surface area contributed by atoms with Gasteiger partial charge in [-0.15, -0.1) is 0 Å². The van der Waals surface area contributed by atoms with Crippen molar-refractivity contribution in [2.75, 3.05) is 5.73 Å². The molecule has 0 atom stereocenters. The van der Waals surface area contributed by atoms with Crippen LogP contribution in [0.5, 0.6) is 5.75 Å². The minimum absolute atomic E-state index is 0.0843. The molecule has 0 aliphatic rings. The fraction of sp³-hybridized carbons (Fsp3) is 0. The van der Waals surface area contributed by atoms with Gasteiger partial charge in [0.2, 0.25) is 0 Å². The minimum Gasteiger partial charge on any atom is -0.508 e. The molecular formula is C11H9N3O3. The van der Waals surface area contributed by atoms with Gasteiger partial charge in [-0.2, -0.15) is 0 Å². The summed E-state index contributed by atoms with van der Waals surface area (Å²) < 4.78 is 0. The quantitative estimate of drug-likeness (QED) is 0.714. The van der Waals surface area contributed by atoms with Crippen LogP contribution in [0.3, 0.4) is 0 Å². The van der Waals surface area contributed by atoms with Gasteiger partial charge in [0.25, 0.3) is 0 Å². The number of hydrogen-bond acceptors (Lipinski definition) is 5. The Morgan fingerprint density at radius 3 is 2.41 bits per heavy atom. The number of nitrogens with zero attached hydrogens (tertiary/aromatic N) is 2. The van der Waals surface area contributed by atoms with Crippen LogP contribution in [0.15, 0.2) is 30.6 Å². The Morgan fingerprint density at radius 1 is 1.18 bits per heavy atom. The molecule has 0 saturated carbocycles. The number of phenolic OH excluding ortho intramolecular Hbond substituents is 1. The number of aromatic carboxylic acids is 1. The van der Waals surface area contributed by atoms with Gasteiger partial charge in [-0.05, 0) is 17.7 Å². The van der Waals surface area contributed by atoms with Crippen molar-refractivity contribution in [1.29, 1.82) is 0 Å². The summed E-state index contributed by atoms with van der Waals surface area (Å²) >= 11 is 0. The van der Waals surface area contributed by atoms with Crippen LogP contribution in [0.4, 0.5) is 5.82 Å². The van der Waals surface area contributed by atoms with Gasteiger partial charge in [-0.25, -0.2) is 14.8 Å². The smallest absolute Gasteiger partial charge is 0.355 e. The van der Waals surface area contributed by atoms with Crippen molar-refractivity contribution in [1.82, 2.24) is 9.97 Å². The van der Waals surface area contributed by atoms with Crippen LogP contribution in [0.1, 0.15) is 10.5 Å². The van der Waals surface area contributed by atoms with Crippen molar-refractivity contribution in [2.45, 2.75) is 0 Å². The van der Waals surface area contributed by atoms with Crippen LogP contribution in [0.2, 0.25) is 0 Å². The van der Waals surface area contributed by atoms with Crippen molar-refractivity contribution < 1.29 is 15.0 Å². The molecule has 6 nitrogen and oxygen atoms in total. The second-order valence-electron chi connectivity index (χ2n) is 3.33. The van der Waals surface area contributed by atoms with E-state index in [1.54, 1.807) is 12.1 Å². The summed E-state index contributed by atoms with van der Waals surface area (Å²) in [6.07, 6.45) is 1.10. The number of phenols is 1. The Kier molecular flexibility index (Phi) is 2.61. The Labute approximate surface area is 96.4 Å². The van der Waals surface area contributed by atoms with E-state index in [4.69, 9.17) is 10.8 Å². The number of nitrogens with two attached hydrogens (primary N) is 1. The number of carbonyl (C=O) groups is 1. The summed E-state index contributed by atoms with van der Waals surface area (Å²) in [5, 5.41) is 18.2. The molecule has 1 aromatic heterocycles. The Hall–Kier alpha value is -2.63. The van der Waals surface area contributed by atoms with E-state index >= 15 is 0 Å². The lowest BCUT2D eigenvalue weighted by molar-refractivity contribution is 0.0691. The largest absolute Gasteiger partial charge is 0.508 e. The molecule has 0 radical (unpaired) electrons. The lowest BCUT2D eigenvalue weighted by Gasteiger charge is -2.07. The molecular weight excluding hydrogens is 222 g/mol. The average molecular weight is 231 g/mol. The second-order valence-corrected chi connectivity index (χ2v) is 3.33. The highest BCUT2D eigenvalue weighted by Crippen LogP contribution is 2.28. The van der Waals surface area contributed by atoms with Crippen molar-refractivity contribution in [2.24, 2.45) is 0 Å². The molecule has 1 heterocycles. The van der Waals surface area contributed by atoms with E-state index in [1.807, 2.05) is 0 Å². The molecule has 86 valence electrons. The molecule has 1 aromatic carbocycles. The van der Waals surface area contributed by atoms with Gasteiger partial charge in [-0.3, -0.25) is 0 Å². The summed E-state index contributed by atoms with van der Waals surface area (Å²) in [4.78, 5) is 18.5. The highest BCUT2D eigenvalue weighted by atomic mass is 16.4. The van der Waals surface area contributed by atoms with Crippen LogP contribution in [-0.2, 0) is 0 Å². The van der Waals surface area contributed by atoms with Gasteiger partial charge in [0.1, 0.15) is 17.9 Å². The number of carboxylic acids is 1. The SMILES string of the molecule is Nc1ncnc(C(=O)O)c1-c1ccc(O)cc1. The molecule has 0 aliphatic heterocycles. The van der Waals surface area contributed by atoms with E-state index < -0.39 is 5.97 Å². The van der Waals surface area contributed by atoms with Crippen molar-refractivity contribution >= 4 is 11.8 Å². The first kappa shape index (κ1) is 10.9. The molecule has 0 aliphatic carbocycles. The molecule has 6 heteroatoms. The number of aromatic hydroxyl groups is 1. The monoisotopic (exact) mass is 231 g/mol. The maximum absolute atomic E-state index is 11.0. The van der Waals surface area contributed by atoms with Crippen LogP contribution in [0, 0.1) is 0 Å². The normalized spacial score (nSPS) is 10.1. The third-order valence-electron chi connectivity index (χ3n) is 2.24. The maximum Gasteiger partial charge on any atom is 0.355 e. The third kappa shape index (κ3) is 2.00. The lowest BCUT2D eigenvalue weighted by Crippen LogP contribution is -2.07. The van der Waals surface area contributed by atoms with E-state index in [1.165, 1.54) is 12.1 Å². The van der Waals surface area contributed by atoms with Gasteiger partial charge in [0, 0.05) is 0 Å². The zero-order valence-corrected chi connectivity index (χ0v) is 8.66. The molecule has 0 fully saturated rings. The number of anilines is 1. The molecule has 4 N–H and O–H groups in total. The number of hydrogen-bond donors (Lipinski definition) is 3. The Bertz CT molecular complexity index is 567. The summed E-state index contributed by atoms with van der Waals surface area (Å²) in [5.74, 6) is -1.01. The van der Waals surface area contributed by atoms with E-state index in [2.05, 4.69) is 9.97 Å². The van der Waals surface area contributed by atoms with Crippen molar-refractivity contribution in [3.8, 4) is 16.9 Å². The number of rotatable bonds is 2. The van der Waals surface area contributed by atoms with Gasteiger partial charge in [0.05, 0.1) is 5.56 Å². The second kappa shape index (κ2) is 4.09. The maximum atomic E-state index is 11.0. The van der Waals surface area contributed by atoms with Gasteiger partial charge in [0.15, 0.2) is 5.69 Å². The standard InChI is InChI=1S/C11H9N3O3/c12-10-8(6-1-3-7(15)4-2-6)9(11(16)17)13-5-14-10/h1-5,15H,(H,16,17)(H2,12,13,14). The highest BCUT2D eigenvalue weighted by Gasteiger charge is 2.16. The molecule has 0 unspecified atom stereocenters. The number of nitrogen functional groups attached to an aromatic ring is 1. The van der Waals surface area contributed by atoms with Crippen molar-refractivity contribution in [3.05, 3.63) is 36.3 Å². The van der Waals surface area contributed by atoms with E-state index in [-0.39, 0.29) is 22.8 Å². The summed E-state index contributed by atoms with van der Waals surface area (Å²) in [7, 11) is 0. The van der Waals surface area contributed by atoms with E-state index in [9.17, 15) is 9.90 Å². The highest BCUT2D eigenvalue weighted by molar-refractivity contribution is 5.96. The predicted octanol–water partition coefficient (Wildman–Crippen LogP) is 1.13. The third-order valence-corrected chi connectivity index (χ3v) is 2.24. The number of carboxylic acid groups (broad SMARTS) is 1. The lowest BCUT2D eigenvalue weighted by atomic mass is 10.0. The van der Waals surface area contributed by atoms with Gasteiger partial charge in [-0.1, -0.05) is 12.1 Å². The van der Waals surface area contributed by atoms with Crippen LogP contribution in [-0.4, -0.2) is 26.2 Å². The van der Waals surface area contributed by atoms with Crippen LogP contribution >= 0.6 is 0 Å². The van der Waals surface area contributed by atoms with Crippen LogP contribution in [0.25, 0.3) is 11.1 Å². The molecule has 0 bridgehead atoms. The van der Waals surface area contributed by atoms with Crippen molar-refractivity contribution in [3.63, 3.8) is 0 Å². The summed E-state index contributed by atoms with van der Waals surface area (Å²) in [6.45, 7) is 0. The first-order chi connectivity index (χ1) is 8.09. The molecule has 2 rings (SSSR count). The number of benzene rings is 1. The first-order valence-electron chi connectivity index (χ1n) is 4.72. The zero-order valence-electron chi connectivity index (χ0n) is 8.66. The van der Waals surface area contributed by atoms with E-state index in [0.717, 1.165) is 6.33 Å². The minimum atomic E-state index is -1.18. The molecule has 17 heavy (non-hydrogen) atoms. The topological polar surface area (TPSA) is 109 Å². The zero-order chi connectivity index (χ0) is 12.4. The number of aromatic nitrogens is 2. The first-order valence-corrected chi connectivity index (χ1v) is 4.72. The summed E-state index contributed by atoms with van der Waals surface area (Å²) in [5.41, 5.74) is 6.28. The summed E-state index contributed by atoms with van der Waals surface area (Å²) in [6, 6.07) is 5.98. The molecule has 0 amide bonds. The predicted molar refractivity (Wildman–Crippen MR) is 60.5 cm³/mol. The molecule has 2 aromatic rings. The average Bonchev–Trinajstić information content (AvgIpc) is 2.30. The molecule has 0 saturated heterocycles. The fourth-order valence-electron chi connectivity index (χ4n) is 1.47. The van der Waals surface area contributed by atoms with Crippen LogP contribution < -0.4 is 5.73 Å². The fourth-order valence-corrected chi connectivity index (χ4v) is 1.47. The van der Waals surface area contributed by atoms with E-state index in [0.29, 0.717) is 5.56 Å². The Morgan fingerprint density at radius 2 is 1.82 bits per heavy atom. The van der Waals surface area contributed by atoms with Gasteiger partial charge >= 0.3 is 5.97 Å². The van der Waals surface area contributed by atoms with Gasteiger partial charge < -0.3 is 15.9 Å². The molecule has 0 spiro atoms. The Balaban J connectivity index is 2.65.